The lowest BCUT2D eigenvalue weighted by Gasteiger charge is -2.08. The minimum atomic E-state index is 0.728. The second-order valence-electron chi connectivity index (χ2n) is 4.10. The standard InChI is InChI=1S/C13H18N4O/c1-17-10-15-16-13(17)9-14-8-7-11-5-3-4-6-12(11)18-2/h3-6,10,14H,7-9H2,1-2H3. The Kier molecular flexibility index (Phi) is 4.30. The first-order valence-corrected chi connectivity index (χ1v) is 5.96. The van der Waals surface area contributed by atoms with Gasteiger partial charge in [-0.2, -0.15) is 0 Å². The van der Waals surface area contributed by atoms with E-state index in [1.807, 2.05) is 29.8 Å². The van der Waals surface area contributed by atoms with Gasteiger partial charge in [-0.15, -0.1) is 10.2 Å². The van der Waals surface area contributed by atoms with Crippen molar-refractivity contribution in [3.8, 4) is 5.75 Å². The number of aryl methyl sites for hydroxylation is 1. The van der Waals surface area contributed by atoms with Crippen molar-refractivity contribution in [3.63, 3.8) is 0 Å². The van der Waals surface area contributed by atoms with Gasteiger partial charge in [0.2, 0.25) is 0 Å². The lowest BCUT2D eigenvalue weighted by Crippen LogP contribution is -2.19. The zero-order valence-corrected chi connectivity index (χ0v) is 10.8. The number of benzene rings is 1. The third-order valence-electron chi connectivity index (χ3n) is 2.85. The zero-order valence-electron chi connectivity index (χ0n) is 10.8. The van der Waals surface area contributed by atoms with Crippen molar-refractivity contribution < 1.29 is 4.74 Å². The fourth-order valence-electron chi connectivity index (χ4n) is 1.80. The summed E-state index contributed by atoms with van der Waals surface area (Å²) in [6.45, 7) is 1.61. The maximum Gasteiger partial charge on any atom is 0.146 e. The highest BCUT2D eigenvalue weighted by atomic mass is 16.5. The minimum Gasteiger partial charge on any atom is -0.496 e. The highest BCUT2D eigenvalue weighted by Gasteiger charge is 2.02. The third-order valence-corrected chi connectivity index (χ3v) is 2.85. The van der Waals surface area contributed by atoms with Crippen LogP contribution in [-0.2, 0) is 20.0 Å². The molecule has 1 aromatic carbocycles. The van der Waals surface area contributed by atoms with Gasteiger partial charge in [-0.05, 0) is 24.6 Å². The van der Waals surface area contributed by atoms with Crippen molar-refractivity contribution in [2.45, 2.75) is 13.0 Å². The average molecular weight is 246 g/mol. The van der Waals surface area contributed by atoms with Crippen molar-refractivity contribution in [2.24, 2.45) is 7.05 Å². The van der Waals surface area contributed by atoms with Crippen molar-refractivity contribution >= 4 is 0 Å². The van der Waals surface area contributed by atoms with Gasteiger partial charge in [-0.3, -0.25) is 0 Å². The molecule has 1 heterocycles. The fraction of sp³-hybridized carbons (Fsp3) is 0.385. The van der Waals surface area contributed by atoms with Crippen LogP contribution in [0.15, 0.2) is 30.6 Å². The van der Waals surface area contributed by atoms with Gasteiger partial charge in [0.15, 0.2) is 0 Å². The Morgan fingerprint density at radius 3 is 2.89 bits per heavy atom. The minimum absolute atomic E-state index is 0.728. The molecule has 1 N–H and O–H groups in total. The van der Waals surface area contributed by atoms with Crippen LogP contribution < -0.4 is 10.1 Å². The number of nitrogens with one attached hydrogen (secondary N) is 1. The third kappa shape index (κ3) is 3.07. The van der Waals surface area contributed by atoms with Crippen LogP contribution in [0.2, 0.25) is 0 Å². The molecule has 0 unspecified atom stereocenters. The van der Waals surface area contributed by atoms with E-state index in [9.17, 15) is 0 Å². The quantitative estimate of drug-likeness (QED) is 0.777. The van der Waals surface area contributed by atoms with Crippen molar-refractivity contribution in [2.75, 3.05) is 13.7 Å². The van der Waals surface area contributed by atoms with Gasteiger partial charge in [-0.1, -0.05) is 18.2 Å². The van der Waals surface area contributed by atoms with E-state index in [4.69, 9.17) is 4.74 Å². The van der Waals surface area contributed by atoms with Crippen molar-refractivity contribution in [3.05, 3.63) is 42.0 Å². The Hall–Kier alpha value is -1.88. The summed E-state index contributed by atoms with van der Waals surface area (Å²) in [4.78, 5) is 0. The van der Waals surface area contributed by atoms with Crippen LogP contribution in [0.25, 0.3) is 0 Å². The van der Waals surface area contributed by atoms with Gasteiger partial charge >= 0.3 is 0 Å². The van der Waals surface area contributed by atoms with Gasteiger partial charge < -0.3 is 14.6 Å². The van der Waals surface area contributed by atoms with Crippen LogP contribution in [-0.4, -0.2) is 28.4 Å². The van der Waals surface area contributed by atoms with Crippen LogP contribution >= 0.6 is 0 Å². The largest absolute Gasteiger partial charge is 0.496 e. The number of para-hydroxylation sites is 1. The summed E-state index contributed by atoms with van der Waals surface area (Å²) in [6.07, 6.45) is 2.64. The Balaban J connectivity index is 1.80. The molecule has 0 amide bonds. The molecule has 0 atom stereocenters. The van der Waals surface area contributed by atoms with Crippen LogP contribution in [0.5, 0.6) is 5.75 Å². The topological polar surface area (TPSA) is 52.0 Å². The molecule has 0 saturated heterocycles. The number of nitrogens with zero attached hydrogens (tertiary/aromatic N) is 3. The highest BCUT2D eigenvalue weighted by molar-refractivity contribution is 5.33. The van der Waals surface area contributed by atoms with E-state index < -0.39 is 0 Å². The molecule has 0 aliphatic carbocycles. The Labute approximate surface area is 107 Å². The van der Waals surface area contributed by atoms with E-state index in [1.54, 1.807) is 13.4 Å². The maximum absolute atomic E-state index is 5.31. The molecule has 0 radical (unpaired) electrons. The molecule has 1 aromatic heterocycles. The molecular formula is C13H18N4O. The Bertz CT molecular complexity index is 495. The van der Waals surface area contributed by atoms with Crippen molar-refractivity contribution in [1.29, 1.82) is 0 Å². The Morgan fingerprint density at radius 2 is 2.17 bits per heavy atom. The molecular weight excluding hydrogens is 228 g/mol. The van der Waals surface area contributed by atoms with Crippen LogP contribution in [0.4, 0.5) is 0 Å². The molecule has 0 spiro atoms. The van der Waals surface area contributed by atoms with E-state index in [0.717, 1.165) is 31.1 Å². The molecule has 5 heteroatoms. The lowest BCUT2D eigenvalue weighted by atomic mass is 10.1. The smallest absolute Gasteiger partial charge is 0.146 e. The van der Waals surface area contributed by atoms with Crippen LogP contribution in [0.3, 0.4) is 0 Å². The lowest BCUT2D eigenvalue weighted by molar-refractivity contribution is 0.409. The highest BCUT2D eigenvalue weighted by Crippen LogP contribution is 2.17. The fourth-order valence-corrected chi connectivity index (χ4v) is 1.80. The summed E-state index contributed by atoms with van der Waals surface area (Å²) in [5.74, 6) is 1.88. The first-order valence-electron chi connectivity index (χ1n) is 5.96. The Morgan fingerprint density at radius 1 is 1.33 bits per heavy atom. The van der Waals surface area contributed by atoms with Crippen LogP contribution in [0.1, 0.15) is 11.4 Å². The van der Waals surface area contributed by atoms with Gasteiger partial charge in [0, 0.05) is 7.05 Å². The van der Waals surface area contributed by atoms with E-state index in [-0.39, 0.29) is 0 Å². The molecule has 0 saturated carbocycles. The predicted molar refractivity (Wildman–Crippen MR) is 69.4 cm³/mol. The van der Waals surface area contributed by atoms with E-state index in [2.05, 4.69) is 21.6 Å². The second kappa shape index (κ2) is 6.16. The summed E-state index contributed by atoms with van der Waals surface area (Å²) >= 11 is 0. The molecule has 0 aliphatic rings. The summed E-state index contributed by atoms with van der Waals surface area (Å²) in [5.41, 5.74) is 1.21. The normalized spacial score (nSPS) is 10.6. The van der Waals surface area contributed by atoms with E-state index in [1.165, 1.54) is 5.56 Å². The second-order valence-corrected chi connectivity index (χ2v) is 4.10. The molecule has 0 bridgehead atoms. The molecule has 96 valence electrons. The molecule has 0 fully saturated rings. The molecule has 2 aromatic rings. The van der Waals surface area contributed by atoms with Crippen molar-refractivity contribution in [1.82, 2.24) is 20.1 Å². The van der Waals surface area contributed by atoms with E-state index in [0.29, 0.717) is 0 Å². The summed E-state index contributed by atoms with van der Waals surface area (Å²) < 4.78 is 7.23. The first-order chi connectivity index (χ1) is 8.81. The van der Waals surface area contributed by atoms with E-state index >= 15 is 0 Å². The number of hydrogen-bond acceptors (Lipinski definition) is 4. The van der Waals surface area contributed by atoms with Crippen LogP contribution in [0, 0.1) is 0 Å². The van der Waals surface area contributed by atoms with Gasteiger partial charge in [0.25, 0.3) is 0 Å². The van der Waals surface area contributed by atoms with Gasteiger partial charge in [0.1, 0.15) is 17.9 Å². The number of hydrogen-bond donors (Lipinski definition) is 1. The average Bonchev–Trinajstić information content (AvgIpc) is 2.81. The first kappa shape index (κ1) is 12.6. The zero-order chi connectivity index (χ0) is 12.8. The maximum atomic E-state index is 5.31. The number of rotatable bonds is 6. The van der Waals surface area contributed by atoms with Gasteiger partial charge in [0.05, 0.1) is 13.7 Å². The molecule has 18 heavy (non-hydrogen) atoms. The SMILES string of the molecule is COc1ccccc1CCNCc1nncn1C. The summed E-state index contributed by atoms with van der Waals surface area (Å²) in [5, 5.41) is 11.2. The van der Waals surface area contributed by atoms with Gasteiger partial charge in [-0.25, -0.2) is 0 Å². The molecule has 2 rings (SSSR count). The number of methoxy groups -OCH3 is 1. The summed E-state index contributed by atoms with van der Waals surface area (Å²) in [6, 6.07) is 8.08. The number of ether oxygens (including phenoxy) is 1. The number of aromatic nitrogens is 3. The summed E-state index contributed by atoms with van der Waals surface area (Å²) in [7, 11) is 3.64. The molecule has 5 nitrogen and oxygen atoms in total. The molecule has 0 aliphatic heterocycles. The predicted octanol–water partition coefficient (Wildman–Crippen LogP) is 1.16. The monoisotopic (exact) mass is 246 g/mol.